The fourth-order valence-electron chi connectivity index (χ4n) is 2.06. The van der Waals surface area contributed by atoms with E-state index in [1.165, 1.54) is 5.56 Å². The van der Waals surface area contributed by atoms with Gasteiger partial charge in [-0.15, -0.1) is 12.4 Å². The Kier molecular flexibility index (Phi) is 5.63. The summed E-state index contributed by atoms with van der Waals surface area (Å²) in [5, 5.41) is 3.25. The van der Waals surface area contributed by atoms with Crippen molar-refractivity contribution in [3.05, 3.63) is 35.4 Å². The standard InChI is InChI=1S/C14H20N2O.ClH/c1-11(2)12-3-5-13(6-4-12)14(17)16-9-7-15-8-10-16;/h3-6,11,15H,7-10H2,1-2H3;1H. The predicted molar refractivity (Wildman–Crippen MR) is 76.6 cm³/mol. The van der Waals surface area contributed by atoms with E-state index in [-0.39, 0.29) is 18.3 Å². The number of carbonyl (C=O) groups excluding carboxylic acids is 1. The molecular weight excluding hydrogens is 248 g/mol. The van der Waals surface area contributed by atoms with Crippen LogP contribution >= 0.6 is 12.4 Å². The Balaban J connectivity index is 0.00000162. The number of halogens is 1. The number of amides is 1. The fourth-order valence-corrected chi connectivity index (χ4v) is 2.06. The van der Waals surface area contributed by atoms with Crippen LogP contribution in [0.3, 0.4) is 0 Å². The highest BCUT2D eigenvalue weighted by Gasteiger charge is 2.17. The van der Waals surface area contributed by atoms with E-state index in [1.54, 1.807) is 0 Å². The number of piperazine rings is 1. The van der Waals surface area contributed by atoms with Gasteiger partial charge in [-0.2, -0.15) is 0 Å². The molecule has 1 amide bonds. The van der Waals surface area contributed by atoms with Crippen molar-refractivity contribution in [1.82, 2.24) is 10.2 Å². The smallest absolute Gasteiger partial charge is 0.253 e. The Morgan fingerprint density at radius 2 is 1.72 bits per heavy atom. The summed E-state index contributed by atoms with van der Waals surface area (Å²) in [7, 11) is 0. The number of hydrogen-bond donors (Lipinski definition) is 1. The van der Waals surface area contributed by atoms with Crippen LogP contribution in [-0.4, -0.2) is 37.0 Å². The second-order valence-corrected chi connectivity index (χ2v) is 4.82. The van der Waals surface area contributed by atoms with Gasteiger partial charge in [-0.1, -0.05) is 26.0 Å². The molecule has 0 aromatic heterocycles. The lowest BCUT2D eigenvalue weighted by atomic mass is 10.0. The van der Waals surface area contributed by atoms with Crippen molar-refractivity contribution in [2.24, 2.45) is 0 Å². The molecule has 1 aromatic rings. The third-order valence-corrected chi connectivity index (χ3v) is 3.23. The van der Waals surface area contributed by atoms with E-state index in [2.05, 4.69) is 31.3 Å². The SMILES string of the molecule is CC(C)c1ccc(C(=O)N2CCNCC2)cc1.Cl. The fraction of sp³-hybridized carbons (Fsp3) is 0.500. The molecule has 0 bridgehead atoms. The van der Waals surface area contributed by atoms with E-state index < -0.39 is 0 Å². The van der Waals surface area contributed by atoms with E-state index in [0.29, 0.717) is 5.92 Å². The van der Waals surface area contributed by atoms with Crippen LogP contribution in [0.5, 0.6) is 0 Å². The molecule has 0 spiro atoms. The maximum Gasteiger partial charge on any atom is 0.253 e. The van der Waals surface area contributed by atoms with Crippen molar-refractivity contribution in [1.29, 1.82) is 0 Å². The van der Waals surface area contributed by atoms with Crippen LogP contribution < -0.4 is 5.32 Å². The van der Waals surface area contributed by atoms with E-state index in [9.17, 15) is 4.79 Å². The molecule has 100 valence electrons. The first kappa shape index (κ1) is 15.0. The molecule has 0 saturated carbocycles. The van der Waals surface area contributed by atoms with Crippen LogP contribution in [0.2, 0.25) is 0 Å². The normalized spacial score (nSPS) is 15.4. The van der Waals surface area contributed by atoms with Gasteiger partial charge in [-0.25, -0.2) is 0 Å². The zero-order valence-electron chi connectivity index (χ0n) is 11.0. The van der Waals surface area contributed by atoms with E-state index in [1.807, 2.05) is 17.0 Å². The summed E-state index contributed by atoms with van der Waals surface area (Å²) in [6.07, 6.45) is 0. The molecule has 4 heteroatoms. The van der Waals surface area contributed by atoms with E-state index in [4.69, 9.17) is 0 Å². The van der Waals surface area contributed by atoms with Crippen molar-refractivity contribution in [2.75, 3.05) is 26.2 Å². The average Bonchev–Trinajstić information content (AvgIpc) is 2.39. The van der Waals surface area contributed by atoms with Crippen molar-refractivity contribution in [3.63, 3.8) is 0 Å². The highest BCUT2D eigenvalue weighted by molar-refractivity contribution is 5.94. The van der Waals surface area contributed by atoms with Gasteiger partial charge in [0, 0.05) is 31.7 Å². The number of hydrogen-bond acceptors (Lipinski definition) is 2. The number of benzene rings is 1. The quantitative estimate of drug-likeness (QED) is 0.893. The molecule has 18 heavy (non-hydrogen) atoms. The Morgan fingerprint density at radius 1 is 1.17 bits per heavy atom. The lowest BCUT2D eigenvalue weighted by Crippen LogP contribution is -2.46. The third kappa shape index (κ3) is 3.47. The zero-order chi connectivity index (χ0) is 12.3. The lowest BCUT2D eigenvalue weighted by molar-refractivity contribution is 0.0736. The predicted octanol–water partition coefficient (Wildman–Crippen LogP) is 2.28. The maximum absolute atomic E-state index is 12.2. The average molecular weight is 269 g/mol. The summed E-state index contributed by atoms with van der Waals surface area (Å²) in [5.41, 5.74) is 2.08. The topological polar surface area (TPSA) is 32.3 Å². The molecule has 1 aromatic carbocycles. The molecule has 0 aliphatic carbocycles. The molecule has 1 aliphatic heterocycles. The summed E-state index contributed by atoms with van der Waals surface area (Å²) in [6.45, 7) is 7.74. The van der Waals surface area contributed by atoms with Crippen molar-refractivity contribution >= 4 is 18.3 Å². The largest absolute Gasteiger partial charge is 0.336 e. The van der Waals surface area contributed by atoms with Gasteiger partial charge in [-0.05, 0) is 23.6 Å². The van der Waals surface area contributed by atoms with Crippen LogP contribution in [0.4, 0.5) is 0 Å². The Labute approximate surface area is 115 Å². The highest BCUT2D eigenvalue weighted by Crippen LogP contribution is 2.15. The van der Waals surface area contributed by atoms with Gasteiger partial charge in [-0.3, -0.25) is 4.79 Å². The van der Waals surface area contributed by atoms with Crippen molar-refractivity contribution in [2.45, 2.75) is 19.8 Å². The first-order valence-corrected chi connectivity index (χ1v) is 6.28. The number of rotatable bonds is 2. The molecule has 1 fully saturated rings. The lowest BCUT2D eigenvalue weighted by Gasteiger charge is -2.27. The number of nitrogens with zero attached hydrogens (tertiary/aromatic N) is 1. The molecule has 1 N–H and O–H groups in total. The van der Waals surface area contributed by atoms with E-state index in [0.717, 1.165) is 31.7 Å². The first-order chi connectivity index (χ1) is 8.18. The number of carbonyl (C=O) groups is 1. The van der Waals surface area contributed by atoms with Crippen molar-refractivity contribution in [3.8, 4) is 0 Å². The molecule has 0 atom stereocenters. The monoisotopic (exact) mass is 268 g/mol. The van der Waals surface area contributed by atoms with E-state index >= 15 is 0 Å². The molecular formula is C14H21ClN2O. The third-order valence-electron chi connectivity index (χ3n) is 3.23. The van der Waals surface area contributed by atoms with Crippen LogP contribution in [-0.2, 0) is 0 Å². The van der Waals surface area contributed by atoms with Gasteiger partial charge in [0.15, 0.2) is 0 Å². The second-order valence-electron chi connectivity index (χ2n) is 4.82. The summed E-state index contributed by atoms with van der Waals surface area (Å²) in [6, 6.07) is 8.00. The van der Waals surface area contributed by atoms with Gasteiger partial charge in [0.2, 0.25) is 0 Å². The molecule has 3 nitrogen and oxygen atoms in total. The molecule has 1 saturated heterocycles. The highest BCUT2D eigenvalue weighted by atomic mass is 35.5. The van der Waals surface area contributed by atoms with Gasteiger partial charge in [0.05, 0.1) is 0 Å². The van der Waals surface area contributed by atoms with Crippen molar-refractivity contribution < 1.29 is 4.79 Å². The summed E-state index contributed by atoms with van der Waals surface area (Å²) in [4.78, 5) is 14.1. The molecule has 1 aliphatic rings. The number of nitrogens with one attached hydrogen (secondary N) is 1. The molecule has 0 unspecified atom stereocenters. The van der Waals surface area contributed by atoms with Gasteiger partial charge in [0.1, 0.15) is 0 Å². The summed E-state index contributed by atoms with van der Waals surface area (Å²) in [5.74, 6) is 0.667. The molecule has 2 rings (SSSR count). The minimum absolute atomic E-state index is 0. The van der Waals surface area contributed by atoms with Crippen LogP contribution in [0, 0.1) is 0 Å². The Bertz CT molecular complexity index is 383. The van der Waals surface area contributed by atoms with Gasteiger partial charge in [0.25, 0.3) is 5.91 Å². The minimum Gasteiger partial charge on any atom is -0.336 e. The van der Waals surface area contributed by atoms with Gasteiger partial charge >= 0.3 is 0 Å². The first-order valence-electron chi connectivity index (χ1n) is 6.28. The molecule has 0 radical (unpaired) electrons. The Morgan fingerprint density at radius 3 is 2.22 bits per heavy atom. The second kappa shape index (κ2) is 6.76. The molecule has 1 heterocycles. The maximum atomic E-state index is 12.2. The summed E-state index contributed by atoms with van der Waals surface area (Å²) < 4.78 is 0. The summed E-state index contributed by atoms with van der Waals surface area (Å²) >= 11 is 0. The van der Waals surface area contributed by atoms with Crippen LogP contribution in [0.25, 0.3) is 0 Å². The van der Waals surface area contributed by atoms with Crippen LogP contribution in [0.1, 0.15) is 35.7 Å². The minimum atomic E-state index is 0. The Hall–Kier alpha value is -1.06. The van der Waals surface area contributed by atoms with Gasteiger partial charge < -0.3 is 10.2 Å². The zero-order valence-corrected chi connectivity index (χ0v) is 11.8. The van der Waals surface area contributed by atoms with Crippen LogP contribution in [0.15, 0.2) is 24.3 Å².